The summed E-state index contributed by atoms with van der Waals surface area (Å²) in [6, 6.07) is 6.59. The molecule has 1 aromatic rings. The molecule has 5 nitrogen and oxygen atoms in total. The molecule has 1 rings (SSSR count). The zero-order chi connectivity index (χ0) is 13.5. The molecule has 0 radical (unpaired) electrons. The Balaban J connectivity index is 2.46. The zero-order valence-corrected chi connectivity index (χ0v) is 11.2. The lowest BCUT2D eigenvalue weighted by molar-refractivity contribution is -0.118. The van der Waals surface area contributed by atoms with Crippen molar-refractivity contribution in [2.45, 2.75) is 11.8 Å². The van der Waals surface area contributed by atoms with Gasteiger partial charge in [-0.05, 0) is 24.3 Å². The molecule has 0 saturated heterocycles. The summed E-state index contributed by atoms with van der Waals surface area (Å²) >= 11 is 0. The van der Waals surface area contributed by atoms with Crippen molar-refractivity contribution in [3.05, 3.63) is 29.8 Å². The van der Waals surface area contributed by atoms with Crippen molar-refractivity contribution in [1.29, 1.82) is 0 Å². The Morgan fingerprint density at radius 2 is 1.67 bits per heavy atom. The topological polar surface area (TPSA) is 75.3 Å². The molecule has 6 heteroatoms. The Labute approximate surface area is 108 Å². The van der Waals surface area contributed by atoms with Crippen LogP contribution < -0.4 is 10.6 Å². The Hall–Kier alpha value is -1.69. The van der Waals surface area contributed by atoms with Gasteiger partial charge in [0.05, 0.1) is 0 Å². The van der Waals surface area contributed by atoms with Crippen LogP contribution in [-0.2, 0) is 15.6 Å². The summed E-state index contributed by atoms with van der Waals surface area (Å²) < 4.78 is 11.2. The van der Waals surface area contributed by atoms with Crippen LogP contribution in [0.15, 0.2) is 29.2 Å². The molecular weight excluding hydrogens is 252 g/mol. The van der Waals surface area contributed by atoms with Gasteiger partial charge in [0.2, 0.25) is 5.91 Å². The normalized spacial score (nSPS) is 11.7. The van der Waals surface area contributed by atoms with Crippen molar-refractivity contribution in [3.8, 4) is 0 Å². The van der Waals surface area contributed by atoms with E-state index >= 15 is 0 Å². The van der Waals surface area contributed by atoms with Gasteiger partial charge >= 0.3 is 0 Å². The second kappa shape index (κ2) is 6.90. The van der Waals surface area contributed by atoms with E-state index in [-0.39, 0.29) is 11.8 Å². The first-order chi connectivity index (χ1) is 8.50. The molecule has 2 N–H and O–H groups in total. The summed E-state index contributed by atoms with van der Waals surface area (Å²) in [5, 5.41) is 5.26. The maximum absolute atomic E-state index is 11.7. The Morgan fingerprint density at radius 1 is 1.11 bits per heavy atom. The van der Waals surface area contributed by atoms with Gasteiger partial charge in [-0.1, -0.05) is 0 Å². The lowest BCUT2D eigenvalue weighted by Gasteiger charge is -2.06. The van der Waals surface area contributed by atoms with Crippen LogP contribution in [0.4, 0.5) is 0 Å². The quantitative estimate of drug-likeness (QED) is 0.754. The maximum atomic E-state index is 11.7. The lowest BCUT2D eigenvalue weighted by Crippen LogP contribution is -2.33. The van der Waals surface area contributed by atoms with Crippen LogP contribution in [0.2, 0.25) is 0 Å². The number of hydrogen-bond donors (Lipinski definition) is 2. The molecule has 0 saturated carbocycles. The van der Waals surface area contributed by atoms with E-state index in [0.29, 0.717) is 23.5 Å². The first-order valence-electron chi connectivity index (χ1n) is 5.47. The zero-order valence-electron chi connectivity index (χ0n) is 10.4. The van der Waals surface area contributed by atoms with Crippen molar-refractivity contribution in [2.24, 2.45) is 0 Å². The monoisotopic (exact) mass is 268 g/mol. The van der Waals surface area contributed by atoms with Gasteiger partial charge in [0.1, 0.15) is 0 Å². The standard InChI is InChI=1S/C12H16N2O3S/c1-9(15)13-7-8-14-12(16)10-3-5-11(6-4-10)18(2)17/h3-6H,7-8H2,1-2H3,(H,13,15)(H,14,16). The molecule has 2 amide bonds. The van der Waals surface area contributed by atoms with E-state index in [1.54, 1.807) is 30.5 Å². The molecule has 0 heterocycles. The van der Waals surface area contributed by atoms with Gasteiger partial charge < -0.3 is 10.6 Å². The van der Waals surface area contributed by atoms with Crippen LogP contribution in [0.1, 0.15) is 17.3 Å². The average Bonchev–Trinajstić information content (AvgIpc) is 2.34. The fourth-order valence-corrected chi connectivity index (χ4v) is 1.83. The molecule has 18 heavy (non-hydrogen) atoms. The summed E-state index contributed by atoms with van der Waals surface area (Å²) in [6.45, 7) is 2.20. The second-order valence-corrected chi connectivity index (χ2v) is 5.10. The molecule has 0 aliphatic heterocycles. The van der Waals surface area contributed by atoms with E-state index < -0.39 is 10.8 Å². The number of rotatable bonds is 5. The highest BCUT2D eigenvalue weighted by Gasteiger charge is 2.05. The van der Waals surface area contributed by atoms with Crippen molar-refractivity contribution < 1.29 is 13.8 Å². The number of carbonyl (C=O) groups excluding carboxylic acids is 2. The lowest BCUT2D eigenvalue weighted by atomic mass is 10.2. The highest BCUT2D eigenvalue weighted by atomic mass is 32.2. The van der Waals surface area contributed by atoms with E-state index in [0.717, 1.165) is 0 Å². The Morgan fingerprint density at radius 3 is 2.17 bits per heavy atom. The average molecular weight is 268 g/mol. The van der Waals surface area contributed by atoms with E-state index in [9.17, 15) is 13.8 Å². The molecule has 0 bridgehead atoms. The molecule has 0 aliphatic carbocycles. The fraction of sp³-hybridized carbons (Fsp3) is 0.333. The Bertz CT molecular complexity index is 457. The summed E-state index contributed by atoms with van der Waals surface area (Å²) in [5.74, 6) is -0.340. The number of amides is 2. The SMILES string of the molecule is CC(=O)NCCNC(=O)c1ccc(S(C)=O)cc1. The molecule has 1 unspecified atom stereocenters. The van der Waals surface area contributed by atoms with Gasteiger partial charge in [0, 0.05) is 47.5 Å². The Kier molecular flexibility index (Phi) is 5.51. The molecule has 0 spiro atoms. The van der Waals surface area contributed by atoms with Gasteiger partial charge in [-0.2, -0.15) is 0 Å². The molecule has 0 aromatic heterocycles. The van der Waals surface area contributed by atoms with Crippen LogP contribution in [0.3, 0.4) is 0 Å². The molecule has 0 fully saturated rings. The molecule has 1 atom stereocenters. The smallest absolute Gasteiger partial charge is 0.251 e. The number of hydrogen-bond acceptors (Lipinski definition) is 3. The highest BCUT2D eigenvalue weighted by Crippen LogP contribution is 2.07. The van der Waals surface area contributed by atoms with E-state index in [1.165, 1.54) is 6.92 Å². The second-order valence-electron chi connectivity index (χ2n) is 3.72. The van der Waals surface area contributed by atoms with Crippen LogP contribution in [0.25, 0.3) is 0 Å². The minimum atomic E-state index is -1.04. The first kappa shape index (κ1) is 14.4. The number of carbonyl (C=O) groups is 2. The third-order valence-corrected chi connectivity index (χ3v) is 3.17. The van der Waals surface area contributed by atoms with Crippen LogP contribution in [0.5, 0.6) is 0 Å². The summed E-state index contributed by atoms with van der Waals surface area (Å²) in [7, 11) is -1.04. The maximum Gasteiger partial charge on any atom is 0.251 e. The summed E-state index contributed by atoms with van der Waals surface area (Å²) in [4.78, 5) is 23.0. The number of benzene rings is 1. The van der Waals surface area contributed by atoms with Gasteiger partial charge in [0.15, 0.2) is 0 Å². The van der Waals surface area contributed by atoms with Crippen molar-refractivity contribution >= 4 is 22.6 Å². The fourth-order valence-electron chi connectivity index (χ4n) is 1.31. The van der Waals surface area contributed by atoms with Gasteiger partial charge in [0.25, 0.3) is 5.91 Å². The number of nitrogens with one attached hydrogen (secondary N) is 2. The molecule has 1 aromatic carbocycles. The third kappa shape index (κ3) is 4.67. The van der Waals surface area contributed by atoms with Crippen molar-refractivity contribution in [2.75, 3.05) is 19.3 Å². The van der Waals surface area contributed by atoms with E-state index in [2.05, 4.69) is 10.6 Å². The first-order valence-corrected chi connectivity index (χ1v) is 7.02. The molecular formula is C12H16N2O3S. The minimum absolute atomic E-state index is 0.126. The van der Waals surface area contributed by atoms with Gasteiger partial charge in [-0.15, -0.1) is 0 Å². The summed E-state index contributed by atoms with van der Waals surface area (Å²) in [6.07, 6.45) is 1.59. The highest BCUT2D eigenvalue weighted by molar-refractivity contribution is 7.84. The van der Waals surface area contributed by atoms with Crippen LogP contribution in [-0.4, -0.2) is 35.4 Å². The van der Waals surface area contributed by atoms with E-state index in [1.807, 2.05) is 0 Å². The largest absolute Gasteiger partial charge is 0.355 e. The minimum Gasteiger partial charge on any atom is -0.355 e. The van der Waals surface area contributed by atoms with Crippen LogP contribution >= 0.6 is 0 Å². The molecule has 98 valence electrons. The van der Waals surface area contributed by atoms with E-state index in [4.69, 9.17) is 0 Å². The van der Waals surface area contributed by atoms with Gasteiger partial charge in [-0.25, -0.2) is 0 Å². The third-order valence-electron chi connectivity index (χ3n) is 2.23. The van der Waals surface area contributed by atoms with Gasteiger partial charge in [-0.3, -0.25) is 13.8 Å². The summed E-state index contributed by atoms with van der Waals surface area (Å²) in [5.41, 5.74) is 0.507. The molecule has 0 aliphatic rings. The predicted molar refractivity (Wildman–Crippen MR) is 69.8 cm³/mol. The van der Waals surface area contributed by atoms with Crippen molar-refractivity contribution in [3.63, 3.8) is 0 Å². The van der Waals surface area contributed by atoms with Crippen LogP contribution in [0, 0.1) is 0 Å². The predicted octanol–water partition coefficient (Wildman–Crippen LogP) is 0.290. The van der Waals surface area contributed by atoms with Crippen molar-refractivity contribution in [1.82, 2.24) is 10.6 Å².